The summed E-state index contributed by atoms with van der Waals surface area (Å²) in [6, 6.07) is 0. The number of aliphatic hydroxyl groups excluding tert-OH is 4. The van der Waals surface area contributed by atoms with E-state index in [0.717, 1.165) is 0 Å². The van der Waals surface area contributed by atoms with Gasteiger partial charge in [-0.05, 0) is 0 Å². The average molecular weight is 178 g/mol. The predicted molar refractivity (Wildman–Crippen MR) is 36.2 cm³/mol. The molecule has 0 saturated heterocycles. The lowest BCUT2D eigenvalue weighted by molar-refractivity contribution is -0.148. The first kappa shape index (κ1) is 11.2. The van der Waals surface area contributed by atoms with Gasteiger partial charge >= 0.3 is 0 Å². The molecule has 12 heavy (non-hydrogen) atoms. The highest BCUT2D eigenvalue weighted by atomic mass is 16.3. The maximum absolute atomic E-state index is 10.6. The second kappa shape index (κ2) is 4.94. The lowest BCUT2D eigenvalue weighted by Gasteiger charge is -2.07. The first-order chi connectivity index (χ1) is 5.54. The molecule has 1 unspecified atom stereocenters. The van der Waals surface area contributed by atoms with E-state index in [1.54, 1.807) is 0 Å². The van der Waals surface area contributed by atoms with E-state index < -0.39 is 37.0 Å². The highest BCUT2D eigenvalue weighted by Crippen LogP contribution is 1.92. The van der Waals surface area contributed by atoms with Gasteiger partial charge in [-0.25, -0.2) is 0 Å². The quantitative estimate of drug-likeness (QED) is 0.330. The van der Waals surface area contributed by atoms with E-state index in [4.69, 9.17) is 20.4 Å². The van der Waals surface area contributed by atoms with Gasteiger partial charge < -0.3 is 20.4 Å². The summed E-state index contributed by atoms with van der Waals surface area (Å²) in [4.78, 5) is 21.3. The van der Waals surface area contributed by atoms with Crippen LogP contribution >= 0.6 is 0 Å². The topological polar surface area (TPSA) is 115 Å². The van der Waals surface area contributed by atoms with Gasteiger partial charge in [-0.3, -0.25) is 9.59 Å². The Morgan fingerprint density at radius 2 is 1.17 bits per heavy atom. The highest BCUT2D eigenvalue weighted by Gasteiger charge is 2.27. The van der Waals surface area contributed by atoms with E-state index in [1.165, 1.54) is 0 Å². The molecule has 6 nitrogen and oxygen atoms in total. The van der Waals surface area contributed by atoms with Gasteiger partial charge in [0.25, 0.3) is 0 Å². The maximum Gasteiger partial charge on any atom is 0.231 e. The van der Waals surface area contributed by atoms with Crippen LogP contribution in [0.2, 0.25) is 0 Å². The SMILES string of the molecule is O=C(C(=O)[C@H](O)CO)C(O)CO. The molecule has 0 amide bonds. The Bertz CT molecular complexity index is 157. The molecular formula is C6H10O6. The van der Waals surface area contributed by atoms with Crippen LogP contribution in [-0.4, -0.2) is 57.4 Å². The smallest absolute Gasteiger partial charge is 0.231 e. The van der Waals surface area contributed by atoms with Gasteiger partial charge in [0, 0.05) is 0 Å². The van der Waals surface area contributed by atoms with Gasteiger partial charge in [-0.2, -0.15) is 0 Å². The average Bonchev–Trinajstić information content (AvgIpc) is 2.12. The Morgan fingerprint density at radius 3 is 1.33 bits per heavy atom. The number of carbonyl (C=O) groups excluding carboxylic acids is 2. The van der Waals surface area contributed by atoms with Crippen LogP contribution in [0.5, 0.6) is 0 Å². The Labute approximate surface area is 68.1 Å². The van der Waals surface area contributed by atoms with Gasteiger partial charge in [0.1, 0.15) is 12.2 Å². The third-order valence-electron chi connectivity index (χ3n) is 1.19. The zero-order valence-electron chi connectivity index (χ0n) is 6.17. The van der Waals surface area contributed by atoms with Crippen LogP contribution in [0.15, 0.2) is 0 Å². The predicted octanol–water partition coefficient (Wildman–Crippen LogP) is -3.17. The number of hydrogen-bond donors (Lipinski definition) is 4. The molecule has 0 fully saturated rings. The van der Waals surface area contributed by atoms with E-state index in [1.807, 2.05) is 0 Å². The van der Waals surface area contributed by atoms with Crippen molar-refractivity contribution >= 4 is 11.6 Å². The van der Waals surface area contributed by atoms with Crippen molar-refractivity contribution in [2.45, 2.75) is 12.2 Å². The summed E-state index contributed by atoms with van der Waals surface area (Å²) < 4.78 is 0. The van der Waals surface area contributed by atoms with Crippen LogP contribution in [-0.2, 0) is 9.59 Å². The largest absolute Gasteiger partial charge is 0.393 e. The molecule has 70 valence electrons. The number of aliphatic hydroxyl groups is 4. The van der Waals surface area contributed by atoms with E-state index in [0.29, 0.717) is 0 Å². The summed E-state index contributed by atoms with van der Waals surface area (Å²) in [5.74, 6) is -2.61. The van der Waals surface area contributed by atoms with Crippen molar-refractivity contribution in [3.63, 3.8) is 0 Å². The molecule has 0 aromatic rings. The summed E-state index contributed by atoms with van der Waals surface area (Å²) in [6.45, 7) is -1.77. The van der Waals surface area contributed by atoms with Crippen molar-refractivity contribution in [2.75, 3.05) is 13.2 Å². The summed E-state index contributed by atoms with van der Waals surface area (Å²) in [6.07, 6.45) is -3.64. The molecule has 0 heterocycles. The fourth-order valence-corrected chi connectivity index (χ4v) is 0.494. The summed E-state index contributed by atoms with van der Waals surface area (Å²) in [7, 11) is 0. The fraction of sp³-hybridized carbons (Fsp3) is 0.667. The van der Waals surface area contributed by atoms with Crippen molar-refractivity contribution in [1.29, 1.82) is 0 Å². The van der Waals surface area contributed by atoms with E-state index in [-0.39, 0.29) is 0 Å². The number of Topliss-reactive ketones (excluding diaryl/α,β-unsaturated/α-hetero) is 2. The molecule has 0 aliphatic heterocycles. The third kappa shape index (κ3) is 2.67. The van der Waals surface area contributed by atoms with Crippen molar-refractivity contribution in [3.05, 3.63) is 0 Å². The summed E-state index contributed by atoms with van der Waals surface area (Å²) in [5.41, 5.74) is 0. The summed E-state index contributed by atoms with van der Waals surface area (Å²) in [5, 5.41) is 33.7. The number of hydrogen-bond acceptors (Lipinski definition) is 6. The molecule has 0 aliphatic carbocycles. The molecule has 0 aromatic heterocycles. The standard InChI is InChI=1S/C6H10O6/c7-1-3(9)5(11)6(12)4(10)2-8/h3-4,7-10H,1-2H2/t3-,4?/m1/s1. The van der Waals surface area contributed by atoms with E-state index in [2.05, 4.69) is 0 Å². The first-order valence-electron chi connectivity index (χ1n) is 3.20. The van der Waals surface area contributed by atoms with Crippen LogP contribution in [0.3, 0.4) is 0 Å². The van der Waals surface area contributed by atoms with Gasteiger partial charge in [0.05, 0.1) is 13.2 Å². The van der Waals surface area contributed by atoms with Crippen LogP contribution in [0.25, 0.3) is 0 Å². The van der Waals surface area contributed by atoms with Crippen LogP contribution in [0.4, 0.5) is 0 Å². The minimum atomic E-state index is -1.82. The molecule has 0 rings (SSSR count). The van der Waals surface area contributed by atoms with Crippen molar-refractivity contribution in [3.8, 4) is 0 Å². The minimum absolute atomic E-state index is 0.886. The summed E-state index contributed by atoms with van der Waals surface area (Å²) >= 11 is 0. The lowest BCUT2D eigenvalue weighted by atomic mass is 10.1. The minimum Gasteiger partial charge on any atom is -0.393 e. The number of ketones is 2. The Kier molecular flexibility index (Phi) is 4.60. The van der Waals surface area contributed by atoms with Gasteiger partial charge in [-0.15, -0.1) is 0 Å². The fourth-order valence-electron chi connectivity index (χ4n) is 0.494. The van der Waals surface area contributed by atoms with Gasteiger partial charge in [-0.1, -0.05) is 0 Å². The maximum atomic E-state index is 10.6. The molecule has 6 heteroatoms. The Balaban J connectivity index is 4.19. The zero-order valence-corrected chi connectivity index (χ0v) is 6.17. The molecule has 0 aromatic carbocycles. The van der Waals surface area contributed by atoms with E-state index in [9.17, 15) is 9.59 Å². The normalized spacial score (nSPS) is 15.3. The van der Waals surface area contributed by atoms with Crippen molar-refractivity contribution < 1.29 is 30.0 Å². The Hall–Kier alpha value is -0.820. The molecule has 0 bridgehead atoms. The molecule has 4 N–H and O–H groups in total. The van der Waals surface area contributed by atoms with E-state index >= 15 is 0 Å². The highest BCUT2D eigenvalue weighted by molar-refractivity contribution is 6.40. The Morgan fingerprint density at radius 1 is 0.917 bits per heavy atom. The van der Waals surface area contributed by atoms with Gasteiger partial charge in [0.2, 0.25) is 11.6 Å². The first-order valence-corrected chi connectivity index (χ1v) is 3.20. The number of rotatable bonds is 5. The van der Waals surface area contributed by atoms with Gasteiger partial charge in [0.15, 0.2) is 0 Å². The molecule has 2 atom stereocenters. The van der Waals surface area contributed by atoms with Crippen molar-refractivity contribution in [1.82, 2.24) is 0 Å². The zero-order chi connectivity index (χ0) is 9.72. The second-order valence-corrected chi connectivity index (χ2v) is 2.13. The lowest BCUT2D eigenvalue weighted by Crippen LogP contribution is -2.39. The van der Waals surface area contributed by atoms with Crippen LogP contribution in [0.1, 0.15) is 0 Å². The molecule has 0 spiro atoms. The van der Waals surface area contributed by atoms with Crippen LogP contribution < -0.4 is 0 Å². The molecule has 0 radical (unpaired) electrons. The molecule has 0 aliphatic rings. The monoisotopic (exact) mass is 178 g/mol. The van der Waals surface area contributed by atoms with Crippen molar-refractivity contribution in [2.24, 2.45) is 0 Å². The molecule has 0 saturated carbocycles. The second-order valence-electron chi connectivity index (χ2n) is 2.13. The van der Waals surface area contributed by atoms with Crippen LogP contribution in [0, 0.1) is 0 Å². The molecular weight excluding hydrogens is 168 g/mol. The number of carbonyl (C=O) groups is 2. The third-order valence-corrected chi connectivity index (χ3v) is 1.19.